The van der Waals surface area contributed by atoms with E-state index in [1.54, 1.807) is 18.0 Å². The summed E-state index contributed by atoms with van der Waals surface area (Å²) in [7, 11) is 1.58. The third kappa shape index (κ3) is 4.16. The Morgan fingerprint density at radius 1 is 1.40 bits per heavy atom. The van der Waals surface area contributed by atoms with Gasteiger partial charge in [-0.25, -0.2) is 0 Å². The maximum absolute atomic E-state index is 12.4. The highest BCUT2D eigenvalue weighted by Gasteiger charge is 2.27. The number of nitrogens with zero attached hydrogens (tertiary/aromatic N) is 4. The molecule has 2 aliphatic heterocycles. The molecule has 2 fully saturated rings. The second kappa shape index (κ2) is 7.64. The van der Waals surface area contributed by atoms with Crippen LogP contribution in [0, 0.1) is 0 Å². The summed E-state index contributed by atoms with van der Waals surface area (Å²) < 4.78 is 1.82. The summed E-state index contributed by atoms with van der Waals surface area (Å²) in [5, 5.41) is 9.64. The molecule has 0 aromatic carbocycles. The van der Waals surface area contributed by atoms with Crippen LogP contribution in [0.15, 0.2) is 12.3 Å². The lowest BCUT2D eigenvalue weighted by Gasteiger charge is -2.34. The van der Waals surface area contributed by atoms with E-state index >= 15 is 0 Å². The smallest absolute Gasteiger partial charge is 0.271 e. The van der Waals surface area contributed by atoms with Crippen LogP contribution < -0.4 is 10.6 Å². The van der Waals surface area contributed by atoms with Crippen molar-refractivity contribution in [1.82, 2.24) is 30.2 Å². The van der Waals surface area contributed by atoms with Gasteiger partial charge in [0.1, 0.15) is 5.69 Å². The zero-order valence-electron chi connectivity index (χ0n) is 14.4. The molecule has 0 radical (unpaired) electrons. The molecule has 25 heavy (non-hydrogen) atoms. The highest BCUT2D eigenvalue weighted by molar-refractivity contribution is 5.91. The van der Waals surface area contributed by atoms with Crippen molar-refractivity contribution in [2.75, 3.05) is 46.3 Å². The van der Waals surface area contributed by atoms with Crippen LogP contribution in [-0.4, -0.2) is 83.6 Å². The second-order valence-corrected chi connectivity index (χ2v) is 6.46. The van der Waals surface area contributed by atoms with Crippen LogP contribution in [0.5, 0.6) is 0 Å². The number of hydrogen-bond donors (Lipinski definition) is 2. The minimum absolute atomic E-state index is 0.0120. The Kier molecular flexibility index (Phi) is 5.32. The first kappa shape index (κ1) is 17.4. The van der Waals surface area contributed by atoms with Crippen LogP contribution in [0.4, 0.5) is 0 Å². The molecule has 2 N–H and O–H groups in total. The minimum atomic E-state index is -0.204. The van der Waals surface area contributed by atoms with Crippen LogP contribution in [0.2, 0.25) is 0 Å². The van der Waals surface area contributed by atoms with Gasteiger partial charge in [-0.15, -0.1) is 0 Å². The number of piperazine rings is 1. The third-order valence-electron chi connectivity index (χ3n) is 4.67. The normalized spacial score (nSPS) is 21.7. The fourth-order valence-corrected chi connectivity index (χ4v) is 3.32. The number of carbonyl (C=O) groups is 3. The van der Waals surface area contributed by atoms with Crippen molar-refractivity contribution >= 4 is 17.7 Å². The van der Waals surface area contributed by atoms with Gasteiger partial charge in [0.15, 0.2) is 0 Å². The highest BCUT2D eigenvalue weighted by Crippen LogP contribution is 2.21. The zero-order valence-corrected chi connectivity index (χ0v) is 14.4. The van der Waals surface area contributed by atoms with Gasteiger partial charge in [-0.1, -0.05) is 0 Å². The summed E-state index contributed by atoms with van der Waals surface area (Å²) in [6.45, 7) is 3.10. The maximum Gasteiger partial charge on any atom is 0.271 e. The standard InChI is InChI=1S/C16H24N6O3/c1-17-16(25)13-4-7-22(19-13)12-3-2-6-20(9-12)11-15(24)21-8-5-18-14(23)10-21/h4,7,12H,2-3,5-6,8-11H2,1H3,(H,17,25)(H,18,23)/t12-/m1/s1. The summed E-state index contributed by atoms with van der Waals surface area (Å²) in [6, 6.07) is 1.85. The van der Waals surface area contributed by atoms with Gasteiger partial charge in [0, 0.05) is 32.9 Å². The molecule has 2 aliphatic rings. The van der Waals surface area contributed by atoms with Crippen LogP contribution in [0.25, 0.3) is 0 Å². The van der Waals surface area contributed by atoms with Crippen molar-refractivity contribution in [1.29, 1.82) is 0 Å². The maximum atomic E-state index is 12.4. The quantitative estimate of drug-likeness (QED) is 0.715. The Morgan fingerprint density at radius 2 is 2.24 bits per heavy atom. The molecule has 1 aromatic heterocycles. The lowest BCUT2D eigenvalue weighted by Crippen LogP contribution is -2.53. The largest absolute Gasteiger partial charge is 0.354 e. The number of hydrogen-bond acceptors (Lipinski definition) is 5. The van der Waals surface area contributed by atoms with E-state index < -0.39 is 0 Å². The molecule has 0 saturated carbocycles. The van der Waals surface area contributed by atoms with E-state index in [0.717, 1.165) is 19.4 Å². The van der Waals surface area contributed by atoms with Crippen molar-refractivity contribution in [3.8, 4) is 0 Å². The molecule has 0 bridgehead atoms. The molecule has 2 saturated heterocycles. The Hall–Kier alpha value is -2.42. The second-order valence-electron chi connectivity index (χ2n) is 6.46. The van der Waals surface area contributed by atoms with Gasteiger partial charge in [0.05, 0.1) is 19.1 Å². The minimum Gasteiger partial charge on any atom is -0.354 e. The molecule has 3 amide bonds. The van der Waals surface area contributed by atoms with E-state index in [0.29, 0.717) is 31.9 Å². The molecule has 0 unspecified atom stereocenters. The van der Waals surface area contributed by atoms with Gasteiger partial charge in [-0.3, -0.25) is 24.0 Å². The van der Waals surface area contributed by atoms with E-state index in [4.69, 9.17) is 0 Å². The van der Waals surface area contributed by atoms with Gasteiger partial charge in [0.25, 0.3) is 5.91 Å². The molecule has 0 aliphatic carbocycles. The zero-order chi connectivity index (χ0) is 17.8. The van der Waals surface area contributed by atoms with Gasteiger partial charge in [-0.05, 0) is 25.5 Å². The van der Waals surface area contributed by atoms with Crippen molar-refractivity contribution < 1.29 is 14.4 Å². The molecule has 3 heterocycles. The van der Waals surface area contributed by atoms with Gasteiger partial charge >= 0.3 is 0 Å². The Morgan fingerprint density at radius 3 is 3.00 bits per heavy atom. The molecule has 0 spiro atoms. The SMILES string of the molecule is CNC(=O)c1ccn([C@@H]2CCCN(CC(=O)N3CCNC(=O)C3)C2)n1. The van der Waals surface area contributed by atoms with Gasteiger partial charge < -0.3 is 15.5 Å². The first-order valence-corrected chi connectivity index (χ1v) is 8.61. The average molecular weight is 348 g/mol. The Balaban J connectivity index is 1.57. The molecular weight excluding hydrogens is 324 g/mol. The number of aromatic nitrogens is 2. The predicted octanol–water partition coefficient (Wildman–Crippen LogP) is -1.16. The first-order chi connectivity index (χ1) is 12.1. The number of rotatable bonds is 4. The fraction of sp³-hybridized carbons (Fsp3) is 0.625. The van der Waals surface area contributed by atoms with Crippen LogP contribution >= 0.6 is 0 Å². The van der Waals surface area contributed by atoms with E-state index in [-0.39, 0.29) is 30.3 Å². The topological polar surface area (TPSA) is 99.6 Å². The number of nitrogens with one attached hydrogen (secondary N) is 2. The van der Waals surface area contributed by atoms with Gasteiger partial charge in [0.2, 0.25) is 11.8 Å². The number of amides is 3. The molecule has 136 valence electrons. The fourth-order valence-electron chi connectivity index (χ4n) is 3.32. The molecule has 9 nitrogen and oxygen atoms in total. The molecule has 1 aromatic rings. The monoisotopic (exact) mass is 348 g/mol. The molecule has 3 rings (SSSR count). The highest BCUT2D eigenvalue weighted by atomic mass is 16.2. The summed E-state index contributed by atoms with van der Waals surface area (Å²) in [5.74, 6) is -0.318. The van der Waals surface area contributed by atoms with E-state index in [9.17, 15) is 14.4 Å². The van der Waals surface area contributed by atoms with E-state index in [2.05, 4.69) is 20.6 Å². The van der Waals surface area contributed by atoms with Crippen molar-refractivity contribution in [3.05, 3.63) is 18.0 Å². The van der Waals surface area contributed by atoms with E-state index in [1.165, 1.54) is 0 Å². The van der Waals surface area contributed by atoms with Crippen LogP contribution in [0.1, 0.15) is 29.4 Å². The van der Waals surface area contributed by atoms with Crippen molar-refractivity contribution in [3.63, 3.8) is 0 Å². The number of carbonyl (C=O) groups excluding carboxylic acids is 3. The lowest BCUT2D eigenvalue weighted by molar-refractivity contribution is -0.139. The lowest BCUT2D eigenvalue weighted by atomic mass is 10.1. The molecule has 1 atom stereocenters. The number of piperidine rings is 1. The number of likely N-dealkylation sites (tertiary alicyclic amines) is 1. The van der Waals surface area contributed by atoms with Gasteiger partial charge in [-0.2, -0.15) is 5.10 Å². The summed E-state index contributed by atoms with van der Waals surface area (Å²) in [4.78, 5) is 39.2. The Labute approximate surface area is 146 Å². The Bertz CT molecular complexity index is 658. The summed E-state index contributed by atoms with van der Waals surface area (Å²) in [6.07, 6.45) is 3.74. The summed E-state index contributed by atoms with van der Waals surface area (Å²) >= 11 is 0. The predicted molar refractivity (Wildman–Crippen MR) is 89.9 cm³/mol. The van der Waals surface area contributed by atoms with Crippen molar-refractivity contribution in [2.45, 2.75) is 18.9 Å². The summed E-state index contributed by atoms with van der Waals surface area (Å²) in [5.41, 5.74) is 0.398. The van der Waals surface area contributed by atoms with E-state index in [1.807, 2.05) is 10.9 Å². The third-order valence-corrected chi connectivity index (χ3v) is 4.67. The molecular formula is C16H24N6O3. The molecule has 9 heteroatoms. The average Bonchev–Trinajstić information content (AvgIpc) is 3.11. The van der Waals surface area contributed by atoms with Crippen molar-refractivity contribution in [2.24, 2.45) is 0 Å². The van der Waals surface area contributed by atoms with Crippen LogP contribution in [-0.2, 0) is 9.59 Å². The van der Waals surface area contributed by atoms with Crippen LogP contribution in [0.3, 0.4) is 0 Å². The first-order valence-electron chi connectivity index (χ1n) is 8.61.